The first-order valence-corrected chi connectivity index (χ1v) is 13.0. The molecule has 5 rings (SSSR count). The highest BCUT2D eigenvalue weighted by Crippen LogP contribution is 2.39. The molecule has 1 unspecified atom stereocenters. The largest absolute Gasteiger partial charge is 0.404 e. The van der Waals surface area contributed by atoms with E-state index in [1.165, 1.54) is 7.05 Å². The van der Waals surface area contributed by atoms with Gasteiger partial charge in [0.2, 0.25) is 0 Å². The van der Waals surface area contributed by atoms with Crippen molar-refractivity contribution in [2.24, 2.45) is 10.7 Å². The van der Waals surface area contributed by atoms with E-state index in [1.54, 1.807) is 6.08 Å². The van der Waals surface area contributed by atoms with Crippen LogP contribution in [0.3, 0.4) is 0 Å². The van der Waals surface area contributed by atoms with Crippen LogP contribution in [0.5, 0.6) is 0 Å². The van der Waals surface area contributed by atoms with Crippen LogP contribution in [0, 0.1) is 0 Å². The Balaban J connectivity index is 1.25. The number of rotatable bonds is 8. The fourth-order valence-electron chi connectivity index (χ4n) is 4.50. The highest BCUT2D eigenvalue weighted by atomic mass is 16.2. The zero-order valence-corrected chi connectivity index (χ0v) is 22.0. The van der Waals surface area contributed by atoms with Crippen molar-refractivity contribution >= 4 is 23.7 Å². The molecule has 0 spiro atoms. The third-order valence-corrected chi connectivity index (χ3v) is 6.83. The van der Waals surface area contributed by atoms with Crippen molar-refractivity contribution in [2.45, 2.75) is 44.6 Å². The monoisotopic (exact) mass is 524 g/mol. The molecule has 1 aromatic carbocycles. The van der Waals surface area contributed by atoms with Crippen LogP contribution < -0.4 is 16.4 Å². The van der Waals surface area contributed by atoms with Crippen molar-refractivity contribution < 1.29 is 9.59 Å². The third-order valence-electron chi connectivity index (χ3n) is 6.83. The molecule has 2 aliphatic rings. The number of allylic oxidation sites excluding steroid dienone is 2. The number of hydrogen-bond donors (Lipinski definition) is 4. The zero-order chi connectivity index (χ0) is 27.4. The number of imidazole rings is 1. The molecule has 1 aliphatic carbocycles. The van der Waals surface area contributed by atoms with E-state index >= 15 is 0 Å². The van der Waals surface area contributed by atoms with E-state index in [1.807, 2.05) is 59.4 Å². The van der Waals surface area contributed by atoms with E-state index in [2.05, 4.69) is 32.7 Å². The summed E-state index contributed by atoms with van der Waals surface area (Å²) in [7, 11) is 1.45. The van der Waals surface area contributed by atoms with E-state index < -0.39 is 11.8 Å². The summed E-state index contributed by atoms with van der Waals surface area (Å²) in [6, 6.07) is 12.0. The highest BCUT2D eigenvalue weighted by molar-refractivity contribution is 6.51. The Hall–Kier alpha value is -4.73. The molecule has 0 bridgehead atoms. The molecule has 200 valence electrons. The molecule has 10 nitrogen and oxygen atoms in total. The molecule has 1 fully saturated rings. The Morgan fingerprint density at radius 1 is 1.23 bits per heavy atom. The van der Waals surface area contributed by atoms with Crippen LogP contribution in [-0.4, -0.2) is 44.3 Å². The fourth-order valence-corrected chi connectivity index (χ4v) is 4.50. The van der Waals surface area contributed by atoms with E-state index in [9.17, 15) is 9.59 Å². The lowest BCUT2D eigenvalue weighted by molar-refractivity contribution is -0.118. The van der Waals surface area contributed by atoms with Gasteiger partial charge >= 0.3 is 0 Å². The summed E-state index contributed by atoms with van der Waals surface area (Å²) < 4.78 is 1.98. The Morgan fingerprint density at radius 3 is 2.74 bits per heavy atom. The summed E-state index contributed by atoms with van der Waals surface area (Å²) >= 11 is 0. The van der Waals surface area contributed by atoms with Crippen molar-refractivity contribution in [1.82, 2.24) is 30.4 Å². The molecule has 1 aliphatic heterocycles. The number of amides is 2. The molecule has 5 N–H and O–H groups in total. The number of benzene rings is 1. The molecule has 10 heteroatoms. The van der Waals surface area contributed by atoms with Gasteiger partial charge in [0.15, 0.2) is 0 Å². The Kier molecular flexibility index (Phi) is 7.53. The second-order valence-electron chi connectivity index (χ2n) is 9.75. The van der Waals surface area contributed by atoms with Gasteiger partial charge in [0.1, 0.15) is 11.5 Å². The van der Waals surface area contributed by atoms with Crippen LogP contribution in [0.4, 0.5) is 0 Å². The summed E-state index contributed by atoms with van der Waals surface area (Å²) in [6.45, 7) is 2.33. The molecule has 3 aromatic rings. The quantitative estimate of drug-likeness (QED) is 0.264. The van der Waals surface area contributed by atoms with Gasteiger partial charge in [-0.05, 0) is 31.4 Å². The van der Waals surface area contributed by atoms with E-state index in [0.29, 0.717) is 18.0 Å². The van der Waals surface area contributed by atoms with Crippen LogP contribution >= 0.6 is 0 Å². The number of carbonyl (C=O) groups is 2. The number of nitrogens with two attached hydrogens (primary N) is 1. The minimum absolute atomic E-state index is 0.00915. The van der Waals surface area contributed by atoms with Gasteiger partial charge < -0.3 is 20.9 Å². The molecular weight excluding hydrogens is 492 g/mol. The lowest BCUT2D eigenvalue weighted by Gasteiger charge is -2.15. The maximum absolute atomic E-state index is 13.2. The first-order valence-electron chi connectivity index (χ1n) is 13.0. The SMILES string of the molecule is CN=C(C(=O)NC1=CCC(C)c2nc(-c3ccccc3)cn2C=C1)C(=CN)C(=O)NCc1cc(C2CC2)n[nH]1. The van der Waals surface area contributed by atoms with Crippen LogP contribution in [0.25, 0.3) is 17.5 Å². The number of aliphatic imine (C=N–C) groups is 1. The zero-order valence-electron chi connectivity index (χ0n) is 22.0. The molecule has 0 radical (unpaired) electrons. The van der Waals surface area contributed by atoms with Gasteiger partial charge in [-0.25, -0.2) is 4.98 Å². The van der Waals surface area contributed by atoms with Crippen molar-refractivity contribution in [3.8, 4) is 11.3 Å². The number of fused-ring (bicyclic) bond motifs is 1. The molecule has 3 heterocycles. The van der Waals surface area contributed by atoms with Gasteiger partial charge in [-0.15, -0.1) is 0 Å². The number of aromatic amines is 1. The second kappa shape index (κ2) is 11.3. The minimum atomic E-state index is -0.526. The molecule has 0 saturated heterocycles. The van der Waals surface area contributed by atoms with Crippen molar-refractivity contribution in [3.63, 3.8) is 0 Å². The van der Waals surface area contributed by atoms with Crippen LogP contribution in [-0.2, 0) is 16.1 Å². The lowest BCUT2D eigenvalue weighted by Crippen LogP contribution is -2.37. The van der Waals surface area contributed by atoms with Gasteiger partial charge in [0, 0.05) is 48.7 Å². The summed E-state index contributed by atoms with van der Waals surface area (Å²) in [5.41, 5.74) is 10.0. The van der Waals surface area contributed by atoms with E-state index in [-0.39, 0.29) is 23.7 Å². The Labute approximate surface area is 226 Å². The van der Waals surface area contributed by atoms with Crippen molar-refractivity contribution in [3.05, 3.63) is 89.4 Å². The third kappa shape index (κ3) is 5.90. The number of nitrogens with one attached hydrogen (secondary N) is 3. The number of H-pyrrole nitrogens is 1. The van der Waals surface area contributed by atoms with Gasteiger partial charge in [0.05, 0.1) is 29.2 Å². The predicted octanol–water partition coefficient (Wildman–Crippen LogP) is 3.36. The standard InChI is InChI=1S/C29H32N8O2/c1-18-8-11-21(12-13-37-17-25(34-27(18)37)19-6-4-3-5-7-19)33-29(39)26(31-2)23(15-30)28(38)32-16-22-14-24(36-35-22)20-9-10-20/h3-7,11-15,17-18,20H,8-10,16,30H2,1-2H3,(H,32,38)(H,33,39)(H,35,36). The van der Waals surface area contributed by atoms with Crippen LogP contribution in [0.15, 0.2) is 77.2 Å². The van der Waals surface area contributed by atoms with Gasteiger partial charge in [-0.3, -0.25) is 19.7 Å². The summed E-state index contributed by atoms with van der Waals surface area (Å²) in [4.78, 5) is 35.0. The molecular formula is C29H32N8O2. The lowest BCUT2D eigenvalue weighted by atomic mass is 10.0. The normalized spacial score (nSPS) is 17.6. The maximum Gasteiger partial charge on any atom is 0.274 e. The average molecular weight is 525 g/mol. The average Bonchev–Trinajstić information content (AvgIpc) is 3.54. The molecule has 39 heavy (non-hydrogen) atoms. The van der Waals surface area contributed by atoms with Crippen LogP contribution in [0.2, 0.25) is 0 Å². The van der Waals surface area contributed by atoms with Gasteiger partial charge in [0.25, 0.3) is 11.8 Å². The van der Waals surface area contributed by atoms with Crippen molar-refractivity contribution in [2.75, 3.05) is 7.05 Å². The summed E-state index contributed by atoms with van der Waals surface area (Å²) in [5.74, 6) is 0.546. The maximum atomic E-state index is 13.2. The molecule has 2 amide bonds. The first kappa shape index (κ1) is 25.9. The predicted molar refractivity (Wildman–Crippen MR) is 150 cm³/mol. The molecule has 1 atom stereocenters. The summed E-state index contributed by atoms with van der Waals surface area (Å²) in [5, 5.41) is 12.9. The van der Waals surface area contributed by atoms with Crippen molar-refractivity contribution in [1.29, 1.82) is 0 Å². The number of hydrogen-bond acceptors (Lipinski definition) is 6. The number of nitrogens with zero attached hydrogens (tertiary/aromatic N) is 4. The summed E-state index contributed by atoms with van der Waals surface area (Å²) in [6.07, 6.45) is 11.6. The second-order valence-corrected chi connectivity index (χ2v) is 9.75. The highest BCUT2D eigenvalue weighted by Gasteiger charge is 2.27. The molecule has 1 saturated carbocycles. The Bertz CT molecular complexity index is 1490. The van der Waals surface area contributed by atoms with Gasteiger partial charge in [-0.2, -0.15) is 5.10 Å². The van der Waals surface area contributed by atoms with E-state index in [0.717, 1.165) is 47.5 Å². The number of aromatic nitrogens is 4. The van der Waals surface area contributed by atoms with Crippen LogP contribution in [0.1, 0.15) is 55.2 Å². The van der Waals surface area contributed by atoms with Gasteiger partial charge in [-0.1, -0.05) is 43.3 Å². The Morgan fingerprint density at radius 2 is 2.03 bits per heavy atom. The van der Waals surface area contributed by atoms with E-state index in [4.69, 9.17) is 10.7 Å². The number of carbonyl (C=O) groups excluding carboxylic acids is 2. The fraction of sp³-hybridized carbons (Fsp3) is 0.276. The minimum Gasteiger partial charge on any atom is -0.404 e. The molecule has 2 aromatic heterocycles. The smallest absolute Gasteiger partial charge is 0.274 e. The topological polar surface area (TPSA) is 143 Å². The first-order chi connectivity index (χ1) is 19.0.